The molecule has 1 aliphatic carbocycles. The second-order valence-corrected chi connectivity index (χ2v) is 11.7. The van der Waals surface area contributed by atoms with Gasteiger partial charge in [-0.25, -0.2) is 9.97 Å². The summed E-state index contributed by atoms with van der Waals surface area (Å²) in [7, 11) is 0. The van der Waals surface area contributed by atoms with Crippen LogP contribution in [0.25, 0.3) is 89.2 Å². The van der Waals surface area contributed by atoms with Crippen molar-refractivity contribution in [3.63, 3.8) is 0 Å². The van der Waals surface area contributed by atoms with E-state index in [0.29, 0.717) is 5.82 Å². The number of nitrogens with zero attached hydrogens (tertiary/aromatic N) is 2. The van der Waals surface area contributed by atoms with Crippen LogP contribution in [0.15, 0.2) is 170 Å². The van der Waals surface area contributed by atoms with Gasteiger partial charge in [-0.1, -0.05) is 164 Å². The first-order valence-corrected chi connectivity index (χ1v) is 15.7. The monoisotopic (exact) mass is 584 g/mol. The molecule has 2 nitrogen and oxygen atoms in total. The maximum Gasteiger partial charge on any atom is 0.160 e. The molecule has 8 aromatic rings. The van der Waals surface area contributed by atoms with Gasteiger partial charge in [0.05, 0.1) is 11.4 Å². The number of hydrogen-bond acceptors (Lipinski definition) is 2. The SMILES string of the molecule is c1ccc(-c2cc(-c3ccccc3-c3ccccc3-c3ccc4c5c(cccc35)-c3ccccc3-4)nc(-c3ccccc3)n2)cc1. The van der Waals surface area contributed by atoms with Crippen molar-refractivity contribution in [2.75, 3.05) is 0 Å². The van der Waals surface area contributed by atoms with E-state index in [1.54, 1.807) is 0 Å². The molecule has 0 saturated carbocycles. The first kappa shape index (κ1) is 26.3. The first-order chi connectivity index (χ1) is 22.8. The number of rotatable bonds is 5. The van der Waals surface area contributed by atoms with E-state index in [4.69, 9.17) is 9.97 Å². The summed E-state index contributed by atoms with van der Waals surface area (Å²) in [5, 5.41) is 2.61. The fourth-order valence-corrected chi connectivity index (χ4v) is 7.00. The number of hydrogen-bond donors (Lipinski definition) is 0. The van der Waals surface area contributed by atoms with E-state index in [1.807, 2.05) is 24.3 Å². The highest BCUT2D eigenvalue weighted by molar-refractivity contribution is 6.19. The molecule has 0 N–H and O–H groups in total. The topological polar surface area (TPSA) is 25.8 Å². The largest absolute Gasteiger partial charge is 0.228 e. The van der Waals surface area contributed by atoms with Crippen LogP contribution in [0.1, 0.15) is 0 Å². The van der Waals surface area contributed by atoms with Gasteiger partial charge >= 0.3 is 0 Å². The summed E-state index contributed by atoms with van der Waals surface area (Å²) in [6, 6.07) is 60.2. The fraction of sp³-hybridized carbons (Fsp3) is 0. The Balaban J connectivity index is 1.25. The Kier molecular flexibility index (Phi) is 6.17. The molecular formula is C44H28N2. The predicted molar refractivity (Wildman–Crippen MR) is 191 cm³/mol. The van der Waals surface area contributed by atoms with Gasteiger partial charge in [0.2, 0.25) is 0 Å². The third-order valence-corrected chi connectivity index (χ3v) is 9.09. The van der Waals surface area contributed by atoms with Gasteiger partial charge in [-0.15, -0.1) is 0 Å². The molecule has 1 aromatic heterocycles. The van der Waals surface area contributed by atoms with E-state index in [0.717, 1.165) is 33.6 Å². The lowest BCUT2D eigenvalue weighted by molar-refractivity contribution is 1.18. The average molecular weight is 585 g/mol. The lowest BCUT2D eigenvalue weighted by Crippen LogP contribution is -1.97. The van der Waals surface area contributed by atoms with Gasteiger partial charge in [-0.2, -0.15) is 0 Å². The van der Waals surface area contributed by atoms with Crippen LogP contribution in [0.4, 0.5) is 0 Å². The third-order valence-electron chi connectivity index (χ3n) is 9.09. The molecule has 214 valence electrons. The van der Waals surface area contributed by atoms with E-state index in [2.05, 4.69) is 146 Å². The summed E-state index contributed by atoms with van der Waals surface area (Å²) in [4.78, 5) is 10.2. The highest BCUT2D eigenvalue weighted by Gasteiger charge is 2.23. The van der Waals surface area contributed by atoms with Crippen LogP contribution >= 0.6 is 0 Å². The highest BCUT2D eigenvalue weighted by atomic mass is 14.9. The van der Waals surface area contributed by atoms with Crippen molar-refractivity contribution in [2.24, 2.45) is 0 Å². The molecule has 0 unspecified atom stereocenters. The summed E-state index contributed by atoms with van der Waals surface area (Å²) in [6.45, 7) is 0. The van der Waals surface area contributed by atoms with Crippen LogP contribution < -0.4 is 0 Å². The molecule has 7 aromatic carbocycles. The molecular weight excluding hydrogens is 556 g/mol. The molecule has 0 radical (unpaired) electrons. The van der Waals surface area contributed by atoms with Gasteiger partial charge in [0.15, 0.2) is 5.82 Å². The standard InChI is InChI=1S/C44H28N2/c1-3-14-29(15-4-1)41-28-42(46-44(45-41)30-16-5-2-6-17-30)37-23-12-11-20-33(37)31-18-7-8-19-32(31)36-26-27-40-35-22-10-9-21-34(35)38-24-13-25-39(36)43(38)40/h1-28H. The van der Waals surface area contributed by atoms with Gasteiger partial charge in [-0.3, -0.25) is 0 Å². The Hall–Kier alpha value is -6.12. The number of benzene rings is 7. The molecule has 46 heavy (non-hydrogen) atoms. The van der Waals surface area contributed by atoms with Crippen molar-refractivity contribution in [3.05, 3.63) is 170 Å². The Bertz CT molecular complexity index is 2320. The van der Waals surface area contributed by atoms with Crippen molar-refractivity contribution in [3.8, 4) is 78.4 Å². The van der Waals surface area contributed by atoms with Crippen LogP contribution in [0, 0.1) is 0 Å². The predicted octanol–water partition coefficient (Wildman–Crippen LogP) is 11.6. The van der Waals surface area contributed by atoms with Crippen molar-refractivity contribution in [1.82, 2.24) is 9.97 Å². The second-order valence-electron chi connectivity index (χ2n) is 11.7. The number of fused-ring (bicyclic) bond motifs is 3. The van der Waals surface area contributed by atoms with E-state index < -0.39 is 0 Å². The van der Waals surface area contributed by atoms with E-state index in [1.165, 1.54) is 49.7 Å². The lowest BCUT2D eigenvalue weighted by Gasteiger charge is -2.17. The Morgan fingerprint density at radius 2 is 0.717 bits per heavy atom. The van der Waals surface area contributed by atoms with Crippen LogP contribution in [0.2, 0.25) is 0 Å². The average Bonchev–Trinajstić information content (AvgIpc) is 3.47. The maximum absolute atomic E-state index is 5.18. The van der Waals surface area contributed by atoms with Crippen molar-refractivity contribution < 1.29 is 0 Å². The second kappa shape index (κ2) is 10.8. The molecule has 0 bridgehead atoms. The molecule has 9 rings (SSSR count). The molecule has 0 spiro atoms. The van der Waals surface area contributed by atoms with Crippen molar-refractivity contribution >= 4 is 10.8 Å². The summed E-state index contributed by atoms with van der Waals surface area (Å²) in [5.41, 5.74) is 14.9. The maximum atomic E-state index is 5.18. The highest BCUT2D eigenvalue weighted by Crippen LogP contribution is 2.50. The van der Waals surface area contributed by atoms with Gasteiger partial charge in [0.25, 0.3) is 0 Å². The minimum Gasteiger partial charge on any atom is -0.228 e. The quantitative estimate of drug-likeness (QED) is 0.201. The molecule has 0 fully saturated rings. The zero-order chi connectivity index (χ0) is 30.5. The van der Waals surface area contributed by atoms with Crippen LogP contribution in [0.5, 0.6) is 0 Å². The smallest absolute Gasteiger partial charge is 0.160 e. The van der Waals surface area contributed by atoms with Gasteiger partial charge in [-0.05, 0) is 61.3 Å². The normalized spacial score (nSPS) is 11.5. The summed E-state index contributed by atoms with van der Waals surface area (Å²) >= 11 is 0. The van der Waals surface area contributed by atoms with E-state index >= 15 is 0 Å². The van der Waals surface area contributed by atoms with Crippen LogP contribution in [0.3, 0.4) is 0 Å². The minimum atomic E-state index is 0.715. The summed E-state index contributed by atoms with van der Waals surface area (Å²) < 4.78 is 0. The van der Waals surface area contributed by atoms with Crippen molar-refractivity contribution in [2.45, 2.75) is 0 Å². The molecule has 0 amide bonds. The molecule has 1 heterocycles. The van der Waals surface area contributed by atoms with Crippen LogP contribution in [-0.4, -0.2) is 9.97 Å². The van der Waals surface area contributed by atoms with Gasteiger partial charge in [0, 0.05) is 16.7 Å². The first-order valence-electron chi connectivity index (χ1n) is 15.7. The zero-order valence-corrected chi connectivity index (χ0v) is 25.1. The minimum absolute atomic E-state index is 0.715. The molecule has 0 saturated heterocycles. The molecule has 0 atom stereocenters. The summed E-state index contributed by atoms with van der Waals surface area (Å²) in [5.74, 6) is 0.715. The van der Waals surface area contributed by atoms with Crippen molar-refractivity contribution in [1.29, 1.82) is 0 Å². The summed E-state index contributed by atoms with van der Waals surface area (Å²) in [6.07, 6.45) is 0. The Labute approximate surface area is 268 Å². The molecule has 1 aliphatic rings. The van der Waals surface area contributed by atoms with Crippen LogP contribution in [-0.2, 0) is 0 Å². The molecule has 0 aliphatic heterocycles. The Morgan fingerprint density at radius 3 is 1.37 bits per heavy atom. The van der Waals surface area contributed by atoms with E-state index in [9.17, 15) is 0 Å². The van der Waals surface area contributed by atoms with Gasteiger partial charge in [0.1, 0.15) is 0 Å². The third kappa shape index (κ3) is 4.27. The zero-order valence-electron chi connectivity index (χ0n) is 25.1. The van der Waals surface area contributed by atoms with Gasteiger partial charge < -0.3 is 0 Å². The molecule has 2 heteroatoms. The Morgan fingerprint density at radius 1 is 0.283 bits per heavy atom. The lowest BCUT2D eigenvalue weighted by atomic mass is 9.87. The van der Waals surface area contributed by atoms with E-state index in [-0.39, 0.29) is 0 Å². The number of aromatic nitrogens is 2. The fourth-order valence-electron chi connectivity index (χ4n) is 7.00.